The molecule has 0 saturated heterocycles. The number of nitrogens with zero attached hydrogens (tertiary/aromatic N) is 4. The largest absolute Gasteiger partial charge is 0.493 e. The van der Waals surface area contributed by atoms with E-state index in [0.717, 1.165) is 35.1 Å². The lowest BCUT2D eigenvalue weighted by Gasteiger charge is -2.27. The number of para-hydroxylation sites is 1. The van der Waals surface area contributed by atoms with Crippen LogP contribution in [0.5, 0.6) is 5.75 Å². The molecule has 2 unspecified atom stereocenters. The van der Waals surface area contributed by atoms with Crippen LogP contribution in [0.2, 0.25) is 0 Å². The van der Waals surface area contributed by atoms with E-state index >= 15 is 0 Å². The fourth-order valence-electron chi connectivity index (χ4n) is 3.84. The van der Waals surface area contributed by atoms with Crippen molar-refractivity contribution >= 4 is 23.4 Å². The Morgan fingerprint density at radius 2 is 1.76 bits per heavy atom. The Kier molecular flexibility index (Phi) is 5.43. The minimum Gasteiger partial charge on any atom is -0.493 e. The third-order valence-corrected chi connectivity index (χ3v) is 5.03. The Hall–Kier alpha value is -3.02. The number of pyridine rings is 1. The summed E-state index contributed by atoms with van der Waals surface area (Å²) in [5.74, 6) is 2.19. The van der Waals surface area contributed by atoms with Crippen LogP contribution in [0.15, 0.2) is 78.0 Å². The normalized spacial score (nSPS) is 18.6. The number of hydrogen-bond acceptors (Lipinski definition) is 4. The fourth-order valence-corrected chi connectivity index (χ4v) is 3.84. The first-order valence-corrected chi connectivity index (χ1v) is 9.93. The molecule has 4 rings (SSSR count). The third-order valence-electron chi connectivity index (χ3n) is 5.03. The molecule has 29 heavy (non-hydrogen) atoms. The van der Waals surface area contributed by atoms with Gasteiger partial charge in [0.25, 0.3) is 5.82 Å². The van der Waals surface area contributed by atoms with E-state index in [1.54, 1.807) is 0 Å². The third kappa shape index (κ3) is 3.79. The molecule has 0 spiro atoms. The van der Waals surface area contributed by atoms with E-state index in [0.29, 0.717) is 12.5 Å². The average molecular weight is 388 g/mol. The lowest BCUT2D eigenvalue weighted by molar-refractivity contribution is 0.222. The topological polar surface area (TPSA) is 37.7 Å². The lowest BCUT2D eigenvalue weighted by atomic mass is 10.1. The molecule has 2 aromatic carbocycles. The van der Waals surface area contributed by atoms with Gasteiger partial charge in [-0.25, -0.2) is 4.98 Å². The molecular formula is C24H27N4O+. The number of quaternary nitrogens is 1. The highest BCUT2D eigenvalue weighted by Gasteiger charge is 2.44. The SMILES string of the molecule is CC(COc1cccc([N+]2(c3ccccc3)N=Cc3cccnc32)c1)CN(C)C. The van der Waals surface area contributed by atoms with Crippen molar-refractivity contribution in [1.82, 2.24) is 14.5 Å². The van der Waals surface area contributed by atoms with E-state index in [2.05, 4.69) is 56.3 Å². The van der Waals surface area contributed by atoms with Crippen molar-refractivity contribution in [3.63, 3.8) is 0 Å². The highest BCUT2D eigenvalue weighted by molar-refractivity contribution is 5.94. The predicted octanol–water partition coefficient (Wildman–Crippen LogP) is 4.98. The molecule has 0 saturated carbocycles. The molecule has 5 nitrogen and oxygen atoms in total. The number of aromatic nitrogens is 1. The van der Waals surface area contributed by atoms with E-state index < -0.39 is 0 Å². The predicted molar refractivity (Wildman–Crippen MR) is 119 cm³/mol. The van der Waals surface area contributed by atoms with Gasteiger partial charge in [0.1, 0.15) is 5.75 Å². The van der Waals surface area contributed by atoms with Crippen molar-refractivity contribution in [3.05, 3.63) is 78.5 Å². The summed E-state index contributed by atoms with van der Waals surface area (Å²) in [7, 11) is 4.17. The maximum Gasteiger partial charge on any atom is 0.274 e. The molecule has 2 atom stereocenters. The summed E-state index contributed by atoms with van der Waals surface area (Å²) < 4.78 is 6.34. The molecule has 1 aromatic heterocycles. The highest BCUT2D eigenvalue weighted by atomic mass is 16.5. The minimum atomic E-state index is 0.210. The van der Waals surface area contributed by atoms with Gasteiger partial charge in [-0.1, -0.05) is 40.9 Å². The summed E-state index contributed by atoms with van der Waals surface area (Å²) in [6.45, 7) is 3.86. The molecule has 3 aromatic rings. The number of rotatable bonds is 7. The van der Waals surface area contributed by atoms with Crippen molar-refractivity contribution in [2.24, 2.45) is 11.0 Å². The van der Waals surface area contributed by atoms with Crippen LogP contribution in [0.25, 0.3) is 0 Å². The van der Waals surface area contributed by atoms with Crippen LogP contribution >= 0.6 is 0 Å². The molecule has 0 N–H and O–H groups in total. The molecule has 148 valence electrons. The fraction of sp³-hybridized carbons (Fsp3) is 0.250. The Morgan fingerprint density at radius 3 is 2.55 bits per heavy atom. The lowest BCUT2D eigenvalue weighted by Crippen LogP contribution is -2.31. The molecule has 2 heterocycles. The number of benzene rings is 2. The van der Waals surface area contributed by atoms with Gasteiger partial charge in [0.2, 0.25) is 0 Å². The van der Waals surface area contributed by atoms with E-state index in [1.807, 2.05) is 48.8 Å². The van der Waals surface area contributed by atoms with Crippen molar-refractivity contribution < 1.29 is 4.74 Å². The summed E-state index contributed by atoms with van der Waals surface area (Å²) in [6.07, 6.45) is 3.73. The van der Waals surface area contributed by atoms with E-state index in [9.17, 15) is 0 Å². The number of hydrogen-bond donors (Lipinski definition) is 0. The first kappa shape index (κ1) is 19.3. The van der Waals surface area contributed by atoms with Crippen LogP contribution in [-0.2, 0) is 0 Å². The first-order valence-electron chi connectivity index (χ1n) is 9.93. The Bertz CT molecular complexity index is 1000. The zero-order valence-corrected chi connectivity index (χ0v) is 17.2. The first-order chi connectivity index (χ1) is 14.1. The maximum atomic E-state index is 6.13. The molecule has 1 aliphatic rings. The molecule has 1 aliphatic heterocycles. The molecule has 0 fully saturated rings. The van der Waals surface area contributed by atoms with Crippen LogP contribution < -0.4 is 9.33 Å². The molecular weight excluding hydrogens is 360 g/mol. The van der Waals surface area contributed by atoms with Crippen molar-refractivity contribution in [2.75, 3.05) is 27.2 Å². The van der Waals surface area contributed by atoms with Crippen molar-refractivity contribution in [1.29, 1.82) is 0 Å². The van der Waals surface area contributed by atoms with Gasteiger partial charge < -0.3 is 9.64 Å². The van der Waals surface area contributed by atoms with E-state index in [1.165, 1.54) is 0 Å². The average Bonchev–Trinajstić information content (AvgIpc) is 3.13. The van der Waals surface area contributed by atoms with E-state index in [-0.39, 0.29) is 4.59 Å². The van der Waals surface area contributed by atoms with Gasteiger partial charge in [0.15, 0.2) is 11.4 Å². The monoisotopic (exact) mass is 387 g/mol. The standard InChI is InChI=1S/C24H27N4O/c1-19(17-27(2)3)18-29-23-13-7-12-22(15-23)28(21-10-5-4-6-11-21)24-20(16-26-28)9-8-14-25-24/h4-16,19H,17-18H2,1-3H3/q+1. The van der Waals surface area contributed by atoms with Crippen LogP contribution in [0.3, 0.4) is 0 Å². The summed E-state index contributed by atoms with van der Waals surface area (Å²) in [6, 6.07) is 22.5. The van der Waals surface area contributed by atoms with Gasteiger partial charge in [0, 0.05) is 42.9 Å². The highest BCUT2D eigenvalue weighted by Crippen LogP contribution is 2.47. The molecule has 5 heteroatoms. The van der Waals surface area contributed by atoms with Crippen molar-refractivity contribution in [2.45, 2.75) is 6.92 Å². The number of fused-ring (bicyclic) bond motifs is 1. The van der Waals surface area contributed by atoms with Gasteiger partial charge in [-0.15, -0.1) is 0 Å². The maximum absolute atomic E-state index is 6.13. The molecule has 0 radical (unpaired) electrons. The van der Waals surface area contributed by atoms with Crippen LogP contribution in [0.1, 0.15) is 12.5 Å². The molecule has 0 aliphatic carbocycles. The summed E-state index contributed by atoms with van der Waals surface area (Å²) >= 11 is 0. The second-order valence-corrected chi connectivity index (χ2v) is 7.81. The second-order valence-electron chi connectivity index (χ2n) is 7.81. The molecule has 0 amide bonds. The zero-order chi connectivity index (χ0) is 20.3. The van der Waals surface area contributed by atoms with Crippen LogP contribution in [0, 0.1) is 5.92 Å². The zero-order valence-electron chi connectivity index (χ0n) is 17.2. The minimum absolute atomic E-state index is 0.210. The van der Waals surface area contributed by atoms with Crippen molar-refractivity contribution in [3.8, 4) is 5.75 Å². The van der Waals surface area contributed by atoms with Crippen LogP contribution in [0.4, 0.5) is 17.2 Å². The van der Waals surface area contributed by atoms with Gasteiger partial charge in [-0.3, -0.25) is 0 Å². The van der Waals surface area contributed by atoms with Gasteiger partial charge >= 0.3 is 0 Å². The Morgan fingerprint density at radius 1 is 0.966 bits per heavy atom. The van der Waals surface area contributed by atoms with E-state index in [4.69, 9.17) is 14.8 Å². The Balaban J connectivity index is 1.72. The van der Waals surface area contributed by atoms with Crippen LogP contribution in [-0.4, -0.2) is 43.3 Å². The molecule has 0 bridgehead atoms. The smallest absolute Gasteiger partial charge is 0.274 e. The van der Waals surface area contributed by atoms with Gasteiger partial charge in [-0.2, -0.15) is 0 Å². The second kappa shape index (κ2) is 8.15. The quantitative estimate of drug-likeness (QED) is 0.537. The van der Waals surface area contributed by atoms with Gasteiger partial charge in [-0.05, 0) is 32.3 Å². The summed E-state index contributed by atoms with van der Waals surface area (Å²) in [5, 5.41) is 4.94. The Labute approximate surface area is 172 Å². The van der Waals surface area contributed by atoms with Gasteiger partial charge in [0.05, 0.1) is 18.4 Å². The summed E-state index contributed by atoms with van der Waals surface area (Å²) in [5.41, 5.74) is 3.07. The number of ether oxygens (including phenoxy) is 1. The summed E-state index contributed by atoms with van der Waals surface area (Å²) in [4.78, 5) is 6.89.